The van der Waals surface area contributed by atoms with Crippen LogP contribution in [0, 0.1) is 5.92 Å². The molecule has 0 aromatic rings. The van der Waals surface area contributed by atoms with Crippen LogP contribution in [0.4, 0.5) is 0 Å². The van der Waals surface area contributed by atoms with Gasteiger partial charge >= 0.3 is 0 Å². The molecule has 84 valence electrons. The predicted octanol–water partition coefficient (Wildman–Crippen LogP) is 3.92. The molecule has 0 saturated carbocycles. The molecule has 0 fully saturated rings. The SMILES string of the molecule is CCCC/C=C(/CC)C(O)CC(C)C. The molecule has 0 amide bonds. The molecule has 0 spiro atoms. The van der Waals surface area contributed by atoms with Crippen molar-refractivity contribution in [3.05, 3.63) is 11.6 Å². The summed E-state index contributed by atoms with van der Waals surface area (Å²) in [7, 11) is 0. The highest BCUT2D eigenvalue weighted by Gasteiger charge is 2.10. The molecular formula is C13H26O. The van der Waals surface area contributed by atoms with Gasteiger partial charge in [-0.1, -0.05) is 46.6 Å². The van der Waals surface area contributed by atoms with Gasteiger partial charge < -0.3 is 5.11 Å². The summed E-state index contributed by atoms with van der Waals surface area (Å²) in [6.07, 6.45) is 7.48. The number of allylic oxidation sites excluding steroid dienone is 1. The predicted molar refractivity (Wildman–Crippen MR) is 63.4 cm³/mol. The fourth-order valence-electron chi connectivity index (χ4n) is 1.61. The van der Waals surface area contributed by atoms with E-state index >= 15 is 0 Å². The van der Waals surface area contributed by atoms with E-state index in [1.807, 2.05) is 0 Å². The number of aliphatic hydroxyl groups excluding tert-OH is 1. The first kappa shape index (κ1) is 13.7. The molecule has 0 aromatic carbocycles. The lowest BCUT2D eigenvalue weighted by Gasteiger charge is -2.15. The molecule has 1 unspecified atom stereocenters. The lowest BCUT2D eigenvalue weighted by atomic mass is 9.97. The van der Waals surface area contributed by atoms with Crippen LogP contribution in [0.25, 0.3) is 0 Å². The van der Waals surface area contributed by atoms with E-state index in [1.54, 1.807) is 0 Å². The summed E-state index contributed by atoms with van der Waals surface area (Å²) < 4.78 is 0. The van der Waals surface area contributed by atoms with E-state index in [1.165, 1.54) is 18.4 Å². The summed E-state index contributed by atoms with van der Waals surface area (Å²) in [5.74, 6) is 0.575. The summed E-state index contributed by atoms with van der Waals surface area (Å²) in [4.78, 5) is 0. The van der Waals surface area contributed by atoms with E-state index < -0.39 is 0 Å². The molecule has 0 saturated heterocycles. The number of hydrogen-bond acceptors (Lipinski definition) is 1. The molecule has 0 aliphatic rings. The van der Waals surface area contributed by atoms with Gasteiger partial charge in [-0.3, -0.25) is 0 Å². The van der Waals surface area contributed by atoms with Crippen molar-refractivity contribution < 1.29 is 5.11 Å². The smallest absolute Gasteiger partial charge is 0.0752 e. The fraction of sp³-hybridized carbons (Fsp3) is 0.846. The van der Waals surface area contributed by atoms with Crippen LogP contribution in [0.15, 0.2) is 11.6 Å². The molecule has 1 atom stereocenters. The van der Waals surface area contributed by atoms with Gasteiger partial charge in [0.15, 0.2) is 0 Å². The highest BCUT2D eigenvalue weighted by molar-refractivity contribution is 5.07. The first-order valence-electron chi connectivity index (χ1n) is 5.98. The van der Waals surface area contributed by atoms with Gasteiger partial charge in [-0.05, 0) is 30.8 Å². The summed E-state index contributed by atoms with van der Waals surface area (Å²) in [6, 6.07) is 0. The van der Waals surface area contributed by atoms with E-state index in [0.29, 0.717) is 5.92 Å². The van der Waals surface area contributed by atoms with Crippen LogP contribution in [0.1, 0.15) is 59.8 Å². The lowest BCUT2D eigenvalue weighted by Crippen LogP contribution is -2.12. The maximum absolute atomic E-state index is 9.91. The van der Waals surface area contributed by atoms with Gasteiger partial charge in [0.25, 0.3) is 0 Å². The third-order valence-corrected chi connectivity index (χ3v) is 2.50. The molecule has 1 heteroatoms. The third-order valence-electron chi connectivity index (χ3n) is 2.50. The summed E-state index contributed by atoms with van der Waals surface area (Å²) in [5.41, 5.74) is 1.23. The van der Waals surface area contributed by atoms with Gasteiger partial charge in [0.1, 0.15) is 0 Å². The molecular weight excluding hydrogens is 172 g/mol. The molecule has 0 radical (unpaired) electrons. The minimum absolute atomic E-state index is 0.211. The Morgan fingerprint density at radius 2 is 1.93 bits per heavy atom. The van der Waals surface area contributed by atoms with Crippen LogP contribution in [-0.4, -0.2) is 11.2 Å². The Kier molecular flexibility index (Phi) is 7.87. The highest BCUT2D eigenvalue weighted by atomic mass is 16.3. The summed E-state index contributed by atoms with van der Waals surface area (Å²) in [6.45, 7) is 8.64. The van der Waals surface area contributed by atoms with Gasteiger partial charge in [0.05, 0.1) is 6.10 Å². The number of hydrogen-bond donors (Lipinski definition) is 1. The summed E-state index contributed by atoms with van der Waals surface area (Å²) in [5, 5.41) is 9.91. The van der Waals surface area contributed by atoms with Crippen molar-refractivity contribution in [2.75, 3.05) is 0 Å². The van der Waals surface area contributed by atoms with E-state index in [4.69, 9.17) is 0 Å². The zero-order chi connectivity index (χ0) is 11.0. The van der Waals surface area contributed by atoms with Crippen molar-refractivity contribution >= 4 is 0 Å². The Bertz CT molecular complexity index is 159. The Morgan fingerprint density at radius 1 is 1.29 bits per heavy atom. The Labute approximate surface area is 89.2 Å². The monoisotopic (exact) mass is 198 g/mol. The van der Waals surface area contributed by atoms with Crippen LogP contribution in [0.5, 0.6) is 0 Å². The van der Waals surface area contributed by atoms with E-state index in [2.05, 4.69) is 33.8 Å². The van der Waals surface area contributed by atoms with Crippen LogP contribution < -0.4 is 0 Å². The maximum atomic E-state index is 9.91. The largest absolute Gasteiger partial charge is 0.389 e. The Balaban J connectivity index is 4.03. The van der Waals surface area contributed by atoms with Gasteiger partial charge in [0, 0.05) is 0 Å². The van der Waals surface area contributed by atoms with Crippen molar-refractivity contribution in [2.24, 2.45) is 5.92 Å². The minimum atomic E-state index is -0.211. The molecule has 0 aliphatic heterocycles. The second-order valence-electron chi connectivity index (χ2n) is 4.42. The van der Waals surface area contributed by atoms with Gasteiger partial charge in [-0.25, -0.2) is 0 Å². The molecule has 14 heavy (non-hydrogen) atoms. The number of unbranched alkanes of at least 4 members (excludes halogenated alkanes) is 2. The average Bonchev–Trinajstić information content (AvgIpc) is 2.11. The molecule has 0 aliphatic carbocycles. The topological polar surface area (TPSA) is 20.2 Å². The van der Waals surface area contributed by atoms with Crippen molar-refractivity contribution in [3.8, 4) is 0 Å². The van der Waals surface area contributed by atoms with Crippen molar-refractivity contribution in [2.45, 2.75) is 65.9 Å². The van der Waals surface area contributed by atoms with Crippen molar-refractivity contribution in [1.29, 1.82) is 0 Å². The summed E-state index contributed by atoms with van der Waals surface area (Å²) >= 11 is 0. The maximum Gasteiger partial charge on any atom is 0.0752 e. The Morgan fingerprint density at radius 3 is 2.36 bits per heavy atom. The zero-order valence-corrected chi connectivity index (χ0v) is 10.2. The molecule has 1 N–H and O–H groups in total. The minimum Gasteiger partial charge on any atom is -0.389 e. The number of rotatable bonds is 7. The van der Waals surface area contributed by atoms with Crippen LogP contribution in [0.3, 0.4) is 0 Å². The van der Waals surface area contributed by atoms with Gasteiger partial charge in [-0.2, -0.15) is 0 Å². The van der Waals surface area contributed by atoms with Crippen LogP contribution in [0.2, 0.25) is 0 Å². The molecule has 0 heterocycles. The van der Waals surface area contributed by atoms with Crippen molar-refractivity contribution in [1.82, 2.24) is 0 Å². The average molecular weight is 198 g/mol. The number of aliphatic hydroxyl groups is 1. The van der Waals surface area contributed by atoms with Crippen LogP contribution >= 0.6 is 0 Å². The van der Waals surface area contributed by atoms with Crippen molar-refractivity contribution in [3.63, 3.8) is 0 Å². The quantitative estimate of drug-likeness (QED) is 0.485. The first-order chi connectivity index (χ1) is 6.61. The first-order valence-corrected chi connectivity index (χ1v) is 5.98. The normalized spacial score (nSPS) is 14.9. The fourth-order valence-corrected chi connectivity index (χ4v) is 1.61. The second-order valence-corrected chi connectivity index (χ2v) is 4.42. The van der Waals surface area contributed by atoms with Crippen LogP contribution in [-0.2, 0) is 0 Å². The van der Waals surface area contributed by atoms with E-state index in [9.17, 15) is 5.11 Å². The van der Waals surface area contributed by atoms with Gasteiger partial charge in [0.2, 0.25) is 0 Å². The van der Waals surface area contributed by atoms with E-state index in [-0.39, 0.29) is 6.10 Å². The standard InChI is InChI=1S/C13H26O/c1-5-7-8-9-12(6-2)13(14)10-11(3)4/h9,11,13-14H,5-8,10H2,1-4H3/b12-9-. The van der Waals surface area contributed by atoms with Gasteiger partial charge in [-0.15, -0.1) is 0 Å². The van der Waals surface area contributed by atoms with E-state index in [0.717, 1.165) is 19.3 Å². The molecule has 1 nitrogen and oxygen atoms in total. The molecule has 0 rings (SSSR count). The highest BCUT2D eigenvalue weighted by Crippen LogP contribution is 2.16. The molecule has 0 bridgehead atoms. The second kappa shape index (κ2) is 8.05. The molecule has 0 aromatic heterocycles. The Hall–Kier alpha value is -0.300. The third kappa shape index (κ3) is 6.20. The zero-order valence-electron chi connectivity index (χ0n) is 10.2. The lowest BCUT2D eigenvalue weighted by molar-refractivity contribution is 0.179.